The monoisotopic (exact) mass is 270 g/mol. The molecule has 1 aromatic heterocycles. The van der Waals surface area contributed by atoms with Gasteiger partial charge >= 0.3 is 0 Å². The average Bonchev–Trinajstić information content (AvgIpc) is 2.48. The number of nitrogens with zero attached hydrogens (tertiary/aromatic N) is 1. The van der Waals surface area contributed by atoms with Crippen LogP contribution in [0.1, 0.15) is 27.0 Å². The second-order valence-corrected chi connectivity index (χ2v) is 4.69. The molecule has 0 aliphatic carbocycles. The highest BCUT2D eigenvalue weighted by molar-refractivity contribution is 5.94. The number of nitrogens with one attached hydrogen (secondary N) is 1. The van der Waals surface area contributed by atoms with Crippen LogP contribution in [0.25, 0.3) is 0 Å². The smallest absolute Gasteiger partial charge is 0.251 e. The maximum absolute atomic E-state index is 12.0. The lowest BCUT2D eigenvalue weighted by Gasteiger charge is -2.07. The zero-order chi connectivity index (χ0) is 14.5. The summed E-state index contributed by atoms with van der Waals surface area (Å²) in [6.07, 6.45) is 1.69. The third-order valence-electron chi connectivity index (χ3n) is 3.23. The Labute approximate surface area is 118 Å². The molecule has 0 unspecified atom stereocenters. The van der Waals surface area contributed by atoms with E-state index in [1.54, 1.807) is 19.4 Å². The van der Waals surface area contributed by atoms with Gasteiger partial charge in [0.2, 0.25) is 5.88 Å². The van der Waals surface area contributed by atoms with Crippen molar-refractivity contribution in [3.8, 4) is 5.88 Å². The Kier molecular flexibility index (Phi) is 4.35. The number of amides is 1. The molecule has 0 spiro atoms. The van der Waals surface area contributed by atoms with Crippen LogP contribution >= 0.6 is 0 Å². The van der Waals surface area contributed by atoms with Crippen LogP contribution < -0.4 is 10.1 Å². The Hall–Kier alpha value is -2.36. The largest absolute Gasteiger partial charge is 0.481 e. The first-order valence-electron chi connectivity index (χ1n) is 6.44. The van der Waals surface area contributed by atoms with E-state index in [4.69, 9.17) is 4.74 Å². The van der Waals surface area contributed by atoms with Gasteiger partial charge < -0.3 is 10.1 Å². The van der Waals surface area contributed by atoms with Crippen molar-refractivity contribution in [3.63, 3.8) is 0 Å². The summed E-state index contributed by atoms with van der Waals surface area (Å²) in [6.45, 7) is 4.47. The lowest BCUT2D eigenvalue weighted by Crippen LogP contribution is -2.22. The Balaban J connectivity index is 1.98. The molecule has 1 amide bonds. The zero-order valence-electron chi connectivity index (χ0n) is 11.9. The van der Waals surface area contributed by atoms with Crippen molar-refractivity contribution >= 4 is 5.91 Å². The summed E-state index contributed by atoms with van der Waals surface area (Å²) in [5.74, 6) is 0.484. The molecule has 0 bridgehead atoms. The first-order chi connectivity index (χ1) is 9.60. The molecule has 0 aliphatic heterocycles. The van der Waals surface area contributed by atoms with Gasteiger partial charge in [0.1, 0.15) is 0 Å². The van der Waals surface area contributed by atoms with Gasteiger partial charge in [0, 0.05) is 24.4 Å². The number of hydrogen-bond acceptors (Lipinski definition) is 3. The molecule has 0 fully saturated rings. The van der Waals surface area contributed by atoms with E-state index in [9.17, 15) is 4.79 Å². The van der Waals surface area contributed by atoms with E-state index in [-0.39, 0.29) is 5.91 Å². The zero-order valence-corrected chi connectivity index (χ0v) is 11.9. The summed E-state index contributed by atoms with van der Waals surface area (Å²) >= 11 is 0. The van der Waals surface area contributed by atoms with Crippen molar-refractivity contribution < 1.29 is 9.53 Å². The quantitative estimate of drug-likeness (QED) is 0.929. The Morgan fingerprint density at radius 3 is 2.60 bits per heavy atom. The first-order valence-corrected chi connectivity index (χ1v) is 6.44. The number of aryl methyl sites for hydroxylation is 2. The fraction of sp³-hybridized carbons (Fsp3) is 0.250. The van der Waals surface area contributed by atoms with Crippen LogP contribution in [0.4, 0.5) is 0 Å². The third kappa shape index (κ3) is 3.35. The van der Waals surface area contributed by atoms with Gasteiger partial charge in [0.05, 0.1) is 7.11 Å². The van der Waals surface area contributed by atoms with E-state index in [0.717, 1.165) is 11.1 Å². The number of benzene rings is 1. The standard InChI is InChI=1S/C16H18N2O2/c1-11-4-6-14(8-12(11)2)16(19)18-10-13-5-7-15(20-3)17-9-13/h4-9H,10H2,1-3H3,(H,18,19). The van der Waals surface area contributed by atoms with Gasteiger partial charge in [0.15, 0.2) is 0 Å². The predicted octanol–water partition coefficient (Wildman–Crippen LogP) is 2.64. The normalized spacial score (nSPS) is 10.2. The molecule has 1 N–H and O–H groups in total. The molecule has 4 nitrogen and oxygen atoms in total. The molecule has 4 heteroatoms. The number of carbonyl (C=O) groups is 1. The van der Waals surface area contributed by atoms with Gasteiger partial charge in [-0.15, -0.1) is 0 Å². The van der Waals surface area contributed by atoms with Crippen molar-refractivity contribution in [2.45, 2.75) is 20.4 Å². The minimum Gasteiger partial charge on any atom is -0.481 e. The molecular weight excluding hydrogens is 252 g/mol. The van der Waals surface area contributed by atoms with Crippen LogP contribution in [0.3, 0.4) is 0 Å². The molecule has 0 radical (unpaired) electrons. The maximum Gasteiger partial charge on any atom is 0.251 e. The van der Waals surface area contributed by atoms with Crippen molar-refractivity contribution in [1.29, 1.82) is 0 Å². The van der Waals surface area contributed by atoms with E-state index in [1.165, 1.54) is 5.56 Å². The molecule has 0 atom stereocenters. The highest BCUT2D eigenvalue weighted by Gasteiger charge is 2.06. The summed E-state index contributed by atoms with van der Waals surface area (Å²) < 4.78 is 4.99. The fourth-order valence-electron chi connectivity index (χ4n) is 1.80. The Morgan fingerprint density at radius 1 is 1.20 bits per heavy atom. The molecule has 1 aromatic carbocycles. The molecule has 2 rings (SSSR count). The second kappa shape index (κ2) is 6.19. The van der Waals surface area contributed by atoms with Gasteiger partial charge in [-0.1, -0.05) is 12.1 Å². The molecule has 0 saturated carbocycles. The highest BCUT2D eigenvalue weighted by Crippen LogP contribution is 2.10. The average molecular weight is 270 g/mol. The SMILES string of the molecule is COc1ccc(CNC(=O)c2ccc(C)c(C)c2)cn1. The molecule has 1 heterocycles. The van der Waals surface area contributed by atoms with Crippen molar-refractivity contribution in [2.24, 2.45) is 0 Å². The number of ether oxygens (including phenoxy) is 1. The van der Waals surface area contributed by atoms with Gasteiger partial charge in [-0.25, -0.2) is 4.98 Å². The molecule has 2 aromatic rings. The minimum atomic E-state index is -0.0797. The second-order valence-electron chi connectivity index (χ2n) is 4.69. The molecular formula is C16H18N2O2. The number of hydrogen-bond donors (Lipinski definition) is 1. The first kappa shape index (κ1) is 14.1. The van der Waals surface area contributed by atoms with Gasteiger partial charge in [-0.2, -0.15) is 0 Å². The third-order valence-corrected chi connectivity index (χ3v) is 3.23. The molecule has 0 aliphatic rings. The number of rotatable bonds is 4. The summed E-state index contributed by atoms with van der Waals surface area (Å²) in [7, 11) is 1.57. The summed E-state index contributed by atoms with van der Waals surface area (Å²) in [5.41, 5.74) is 3.90. The predicted molar refractivity (Wildman–Crippen MR) is 77.9 cm³/mol. The fourth-order valence-corrected chi connectivity index (χ4v) is 1.80. The van der Waals surface area contributed by atoms with Gasteiger partial charge in [-0.3, -0.25) is 4.79 Å². The summed E-state index contributed by atoms with van der Waals surface area (Å²) in [6, 6.07) is 9.35. The number of aromatic nitrogens is 1. The molecule has 0 saturated heterocycles. The van der Waals surface area contributed by atoms with Crippen LogP contribution in [0, 0.1) is 13.8 Å². The van der Waals surface area contributed by atoms with E-state index < -0.39 is 0 Å². The van der Waals surface area contributed by atoms with Crippen molar-refractivity contribution in [3.05, 3.63) is 58.8 Å². The van der Waals surface area contributed by atoms with Crippen LogP contribution in [-0.4, -0.2) is 18.0 Å². The highest BCUT2D eigenvalue weighted by atomic mass is 16.5. The van der Waals surface area contributed by atoms with Crippen LogP contribution in [0.5, 0.6) is 5.88 Å². The lowest BCUT2D eigenvalue weighted by atomic mass is 10.1. The van der Waals surface area contributed by atoms with Crippen molar-refractivity contribution in [2.75, 3.05) is 7.11 Å². The summed E-state index contributed by atoms with van der Waals surface area (Å²) in [5, 5.41) is 2.88. The minimum absolute atomic E-state index is 0.0797. The Morgan fingerprint density at radius 2 is 2.00 bits per heavy atom. The molecule has 20 heavy (non-hydrogen) atoms. The van der Waals surface area contributed by atoms with Crippen LogP contribution in [-0.2, 0) is 6.54 Å². The van der Waals surface area contributed by atoms with Gasteiger partial charge in [0.25, 0.3) is 5.91 Å². The number of pyridine rings is 1. The van der Waals surface area contributed by atoms with E-state index in [0.29, 0.717) is 18.0 Å². The number of methoxy groups -OCH3 is 1. The summed E-state index contributed by atoms with van der Waals surface area (Å²) in [4.78, 5) is 16.1. The van der Waals surface area contributed by atoms with E-state index in [2.05, 4.69) is 10.3 Å². The van der Waals surface area contributed by atoms with E-state index in [1.807, 2.05) is 38.1 Å². The van der Waals surface area contributed by atoms with Gasteiger partial charge in [-0.05, 0) is 42.7 Å². The van der Waals surface area contributed by atoms with Crippen LogP contribution in [0.2, 0.25) is 0 Å². The van der Waals surface area contributed by atoms with Crippen molar-refractivity contribution in [1.82, 2.24) is 10.3 Å². The lowest BCUT2D eigenvalue weighted by molar-refractivity contribution is 0.0951. The topological polar surface area (TPSA) is 51.2 Å². The molecule has 104 valence electrons. The Bertz CT molecular complexity index is 606. The number of carbonyl (C=O) groups excluding carboxylic acids is 1. The van der Waals surface area contributed by atoms with E-state index >= 15 is 0 Å². The maximum atomic E-state index is 12.0. The van der Waals surface area contributed by atoms with Crippen LogP contribution in [0.15, 0.2) is 36.5 Å².